The van der Waals surface area contributed by atoms with Crippen LogP contribution in [0.15, 0.2) is 39.2 Å². The third kappa shape index (κ3) is 5.77. The molecule has 0 aliphatic heterocycles. The number of carbonyl (C=O) groups excluding carboxylic acids is 2. The SMILES string of the molecule is Cc1cc(C(=O)Nc2nnc(SCC(=O)Nc3cccc(C(F)(F)F)c3)s2)no1. The van der Waals surface area contributed by atoms with Crippen LogP contribution >= 0.6 is 23.1 Å². The first-order valence-corrected chi connectivity index (χ1v) is 9.69. The van der Waals surface area contributed by atoms with Crippen molar-refractivity contribution < 1.29 is 27.3 Å². The fourth-order valence-electron chi connectivity index (χ4n) is 2.05. The number of hydrogen-bond acceptors (Lipinski definition) is 8. The molecule has 29 heavy (non-hydrogen) atoms. The minimum Gasteiger partial charge on any atom is -0.361 e. The monoisotopic (exact) mass is 443 g/mol. The zero-order valence-electron chi connectivity index (χ0n) is 14.6. The van der Waals surface area contributed by atoms with Gasteiger partial charge in [0.25, 0.3) is 5.91 Å². The molecule has 0 fully saturated rings. The maximum Gasteiger partial charge on any atom is 0.416 e. The van der Waals surface area contributed by atoms with Gasteiger partial charge in [0.05, 0.1) is 11.3 Å². The van der Waals surface area contributed by atoms with E-state index in [0.29, 0.717) is 10.1 Å². The second kappa shape index (κ2) is 8.61. The summed E-state index contributed by atoms with van der Waals surface area (Å²) in [6.45, 7) is 1.65. The largest absolute Gasteiger partial charge is 0.416 e. The first-order chi connectivity index (χ1) is 13.7. The standard InChI is InChI=1S/C16H12F3N5O3S2/c1-8-5-11(24-27-8)13(26)21-14-22-23-15(29-14)28-7-12(25)20-10-4-2-3-9(6-10)16(17,18)19/h2-6H,7H2,1H3,(H,20,25)(H,21,22,26). The fraction of sp³-hybridized carbons (Fsp3) is 0.188. The lowest BCUT2D eigenvalue weighted by molar-refractivity contribution is -0.137. The number of amides is 2. The number of benzene rings is 1. The molecule has 2 amide bonds. The van der Waals surface area contributed by atoms with Crippen LogP contribution in [0.2, 0.25) is 0 Å². The first kappa shape index (κ1) is 20.8. The van der Waals surface area contributed by atoms with E-state index in [-0.39, 0.29) is 22.3 Å². The molecule has 13 heteroatoms. The summed E-state index contributed by atoms with van der Waals surface area (Å²) in [5.41, 5.74) is -0.722. The average molecular weight is 443 g/mol. The van der Waals surface area contributed by atoms with Gasteiger partial charge in [0, 0.05) is 11.8 Å². The minimum absolute atomic E-state index is 0.0403. The molecule has 0 aliphatic carbocycles. The van der Waals surface area contributed by atoms with Crippen LogP contribution in [-0.2, 0) is 11.0 Å². The summed E-state index contributed by atoms with van der Waals surface area (Å²) < 4.78 is 43.3. The van der Waals surface area contributed by atoms with E-state index in [0.717, 1.165) is 35.2 Å². The van der Waals surface area contributed by atoms with Crippen molar-refractivity contribution in [2.45, 2.75) is 17.4 Å². The number of carbonyl (C=O) groups is 2. The fourth-order valence-corrected chi connectivity index (χ4v) is 3.60. The number of nitrogens with one attached hydrogen (secondary N) is 2. The van der Waals surface area contributed by atoms with Crippen molar-refractivity contribution >= 4 is 45.7 Å². The van der Waals surface area contributed by atoms with Crippen LogP contribution in [0, 0.1) is 6.92 Å². The van der Waals surface area contributed by atoms with Crippen LogP contribution in [0.4, 0.5) is 24.0 Å². The molecule has 0 radical (unpaired) electrons. The van der Waals surface area contributed by atoms with Gasteiger partial charge in [-0.1, -0.05) is 34.3 Å². The molecule has 0 unspecified atom stereocenters. The van der Waals surface area contributed by atoms with Gasteiger partial charge in [0.15, 0.2) is 10.0 Å². The number of anilines is 2. The van der Waals surface area contributed by atoms with Crippen molar-refractivity contribution in [2.24, 2.45) is 0 Å². The number of hydrogen-bond donors (Lipinski definition) is 2. The lowest BCUT2D eigenvalue weighted by Gasteiger charge is -2.09. The zero-order chi connectivity index (χ0) is 21.0. The summed E-state index contributed by atoms with van der Waals surface area (Å²) in [5, 5.41) is 16.3. The van der Waals surface area contributed by atoms with Crippen LogP contribution in [0.25, 0.3) is 0 Å². The Balaban J connectivity index is 1.52. The van der Waals surface area contributed by atoms with E-state index >= 15 is 0 Å². The van der Waals surface area contributed by atoms with Crippen LogP contribution in [0.5, 0.6) is 0 Å². The number of aromatic nitrogens is 3. The predicted octanol–water partition coefficient (Wildman–Crippen LogP) is 3.84. The zero-order valence-corrected chi connectivity index (χ0v) is 16.2. The van der Waals surface area contributed by atoms with E-state index in [9.17, 15) is 22.8 Å². The molecule has 0 bridgehead atoms. The van der Waals surface area contributed by atoms with Gasteiger partial charge in [-0.05, 0) is 25.1 Å². The Morgan fingerprint density at radius 2 is 2.00 bits per heavy atom. The number of thioether (sulfide) groups is 1. The Labute approximate surface area is 169 Å². The van der Waals surface area contributed by atoms with Crippen molar-refractivity contribution in [3.05, 3.63) is 47.3 Å². The molecule has 2 heterocycles. The molecule has 8 nitrogen and oxygen atoms in total. The van der Waals surface area contributed by atoms with Gasteiger partial charge in [-0.15, -0.1) is 10.2 Å². The number of alkyl halides is 3. The van der Waals surface area contributed by atoms with E-state index in [4.69, 9.17) is 4.52 Å². The first-order valence-electron chi connectivity index (χ1n) is 7.89. The van der Waals surface area contributed by atoms with Gasteiger partial charge in [0.2, 0.25) is 11.0 Å². The highest BCUT2D eigenvalue weighted by atomic mass is 32.2. The van der Waals surface area contributed by atoms with E-state index in [1.165, 1.54) is 18.2 Å². The Kier molecular flexibility index (Phi) is 6.17. The molecule has 2 aromatic heterocycles. The number of aryl methyl sites for hydroxylation is 1. The molecule has 152 valence electrons. The Morgan fingerprint density at radius 1 is 1.21 bits per heavy atom. The molecule has 3 rings (SSSR count). The normalized spacial score (nSPS) is 11.3. The molecule has 1 aromatic carbocycles. The quantitative estimate of drug-likeness (QED) is 0.440. The molecule has 0 aliphatic rings. The van der Waals surface area contributed by atoms with Crippen LogP contribution in [0.3, 0.4) is 0 Å². The molecular weight excluding hydrogens is 431 g/mol. The molecule has 0 atom stereocenters. The van der Waals surface area contributed by atoms with Crippen molar-refractivity contribution in [1.82, 2.24) is 15.4 Å². The van der Waals surface area contributed by atoms with Gasteiger partial charge in [-0.25, -0.2) is 0 Å². The number of halogens is 3. The van der Waals surface area contributed by atoms with E-state index in [1.54, 1.807) is 6.92 Å². The van der Waals surface area contributed by atoms with Crippen molar-refractivity contribution in [1.29, 1.82) is 0 Å². The average Bonchev–Trinajstić information content (AvgIpc) is 3.28. The summed E-state index contributed by atoms with van der Waals surface area (Å²) in [6.07, 6.45) is -4.49. The highest BCUT2D eigenvalue weighted by molar-refractivity contribution is 8.01. The lowest BCUT2D eigenvalue weighted by atomic mass is 10.2. The second-order valence-corrected chi connectivity index (χ2v) is 7.77. The molecule has 2 N–H and O–H groups in total. The number of nitrogens with zero attached hydrogens (tertiary/aromatic N) is 3. The summed E-state index contributed by atoms with van der Waals surface area (Å²) in [4.78, 5) is 23.9. The third-order valence-electron chi connectivity index (χ3n) is 3.29. The minimum atomic E-state index is -4.49. The Hall–Kier alpha value is -2.93. The van der Waals surface area contributed by atoms with Gasteiger partial charge in [0.1, 0.15) is 5.76 Å². The lowest BCUT2D eigenvalue weighted by Crippen LogP contribution is -2.15. The molecule has 0 spiro atoms. The third-order valence-corrected chi connectivity index (χ3v) is 5.26. The molecular formula is C16H12F3N5O3S2. The van der Waals surface area contributed by atoms with E-state index in [2.05, 4.69) is 26.0 Å². The van der Waals surface area contributed by atoms with E-state index in [1.807, 2.05) is 0 Å². The Morgan fingerprint density at radius 3 is 2.69 bits per heavy atom. The summed E-state index contributed by atoms with van der Waals surface area (Å²) in [5.74, 6) is -0.637. The molecule has 0 saturated carbocycles. The maximum atomic E-state index is 12.7. The van der Waals surface area contributed by atoms with Gasteiger partial charge < -0.3 is 9.84 Å². The van der Waals surface area contributed by atoms with Gasteiger partial charge in [-0.3, -0.25) is 14.9 Å². The second-order valence-electron chi connectivity index (χ2n) is 5.57. The molecule has 3 aromatic rings. The molecule has 0 saturated heterocycles. The van der Waals surface area contributed by atoms with Crippen molar-refractivity contribution in [2.75, 3.05) is 16.4 Å². The summed E-state index contributed by atoms with van der Waals surface area (Å²) >= 11 is 2.07. The summed E-state index contributed by atoms with van der Waals surface area (Å²) in [6, 6.07) is 5.81. The van der Waals surface area contributed by atoms with Crippen molar-refractivity contribution in [3.8, 4) is 0 Å². The topological polar surface area (TPSA) is 110 Å². The predicted molar refractivity (Wildman–Crippen MR) is 99.9 cm³/mol. The Bertz CT molecular complexity index is 1030. The van der Waals surface area contributed by atoms with E-state index < -0.39 is 23.6 Å². The summed E-state index contributed by atoms with van der Waals surface area (Å²) in [7, 11) is 0. The van der Waals surface area contributed by atoms with Crippen molar-refractivity contribution in [3.63, 3.8) is 0 Å². The number of rotatable bonds is 6. The van der Waals surface area contributed by atoms with Gasteiger partial charge >= 0.3 is 6.18 Å². The van der Waals surface area contributed by atoms with Gasteiger partial charge in [-0.2, -0.15) is 13.2 Å². The smallest absolute Gasteiger partial charge is 0.361 e. The van der Waals surface area contributed by atoms with Crippen LogP contribution in [0.1, 0.15) is 21.8 Å². The highest BCUT2D eigenvalue weighted by Crippen LogP contribution is 2.31. The van der Waals surface area contributed by atoms with Crippen LogP contribution < -0.4 is 10.6 Å². The van der Waals surface area contributed by atoms with Crippen LogP contribution in [-0.4, -0.2) is 32.9 Å². The highest BCUT2D eigenvalue weighted by Gasteiger charge is 2.30. The maximum absolute atomic E-state index is 12.7.